The standard InChI is InChI=1S/C11H14BF3O3/c1-10(2,3)8-6-7(18-11(13,14)15)4-5-9(8)12(16)17/h4-6,16-17H,1-3H3. The van der Waals surface area contributed by atoms with E-state index in [1.165, 1.54) is 12.1 Å². The van der Waals surface area contributed by atoms with E-state index in [1.54, 1.807) is 20.8 Å². The summed E-state index contributed by atoms with van der Waals surface area (Å²) in [6.45, 7) is 5.27. The Morgan fingerprint density at radius 3 is 2.06 bits per heavy atom. The third kappa shape index (κ3) is 3.92. The lowest BCUT2D eigenvalue weighted by Gasteiger charge is -2.24. The van der Waals surface area contributed by atoms with Crippen LogP contribution in [0.4, 0.5) is 13.2 Å². The van der Waals surface area contributed by atoms with Crippen molar-refractivity contribution in [3.63, 3.8) is 0 Å². The normalized spacial score (nSPS) is 12.4. The first-order chi connectivity index (χ1) is 8.00. The highest BCUT2D eigenvalue weighted by molar-refractivity contribution is 6.59. The van der Waals surface area contributed by atoms with E-state index in [0.717, 1.165) is 6.07 Å². The SMILES string of the molecule is CC(C)(C)c1cc(OC(F)(F)F)ccc1B(O)O. The van der Waals surface area contributed by atoms with Crippen molar-refractivity contribution in [3.05, 3.63) is 23.8 Å². The number of benzene rings is 1. The average molecular weight is 262 g/mol. The largest absolute Gasteiger partial charge is 0.573 e. The summed E-state index contributed by atoms with van der Waals surface area (Å²) in [5, 5.41) is 18.4. The summed E-state index contributed by atoms with van der Waals surface area (Å²) >= 11 is 0. The Morgan fingerprint density at radius 1 is 1.11 bits per heavy atom. The maximum atomic E-state index is 12.1. The number of hydrogen-bond donors (Lipinski definition) is 2. The Kier molecular flexibility index (Phi) is 3.97. The topological polar surface area (TPSA) is 49.7 Å². The van der Waals surface area contributed by atoms with Crippen LogP contribution in [-0.4, -0.2) is 23.5 Å². The second-order valence-corrected chi connectivity index (χ2v) is 4.92. The molecule has 0 aliphatic rings. The van der Waals surface area contributed by atoms with Crippen LogP contribution in [0, 0.1) is 0 Å². The maximum absolute atomic E-state index is 12.1. The summed E-state index contributed by atoms with van der Waals surface area (Å²) in [6, 6.07) is 3.44. The molecule has 1 aromatic carbocycles. The van der Waals surface area contributed by atoms with Gasteiger partial charge in [-0.15, -0.1) is 13.2 Å². The lowest BCUT2D eigenvalue weighted by atomic mass is 9.70. The van der Waals surface area contributed by atoms with Gasteiger partial charge in [0.1, 0.15) is 5.75 Å². The molecular weight excluding hydrogens is 248 g/mol. The number of ether oxygens (including phenoxy) is 1. The summed E-state index contributed by atoms with van der Waals surface area (Å²) in [6.07, 6.45) is -4.77. The third-order valence-corrected chi connectivity index (χ3v) is 2.34. The highest BCUT2D eigenvalue weighted by Crippen LogP contribution is 2.28. The summed E-state index contributed by atoms with van der Waals surface area (Å²) in [4.78, 5) is 0. The maximum Gasteiger partial charge on any atom is 0.573 e. The molecule has 3 nitrogen and oxygen atoms in total. The Labute approximate surface area is 103 Å². The van der Waals surface area contributed by atoms with Gasteiger partial charge in [0.25, 0.3) is 0 Å². The smallest absolute Gasteiger partial charge is 0.423 e. The van der Waals surface area contributed by atoms with Crippen LogP contribution in [0.1, 0.15) is 26.3 Å². The van der Waals surface area contributed by atoms with Gasteiger partial charge in [-0.2, -0.15) is 0 Å². The van der Waals surface area contributed by atoms with Gasteiger partial charge in [0.15, 0.2) is 0 Å². The lowest BCUT2D eigenvalue weighted by Crippen LogP contribution is -2.37. The second kappa shape index (κ2) is 4.82. The predicted octanol–water partition coefficient (Wildman–Crippen LogP) is 1.56. The van der Waals surface area contributed by atoms with Gasteiger partial charge in [-0.25, -0.2) is 0 Å². The lowest BCUT2D eigenvalue weighted by molar-refractivity contribution is -0.274. The van der Waals surface area contributed by atoms with E-state index in [9.17, 15) is 23.2 Å². The molecule has 0 bridgehead atoms. The Hall–Kier alpha value is -1.21. The van der Waals surface area contributed by atoms with Crippen LogP contribution in [0.25, 0.3) is 0 Å². The van der Waals surface area contributed by atoms with E-state index in [0.29, 0.717) is 5.56 Å². The Balaban J connectivity index is 3.22. The molecule has 0 aliphatic heterocycles. The van der Waals surface area contributed by atoms with E-state index >= 15 is 0 Å². The van der Waals surface area contributed by atoms with Crippen LogP contribution in [0.2, 0.25) is 0 Å². The fourth-order valence-electron chi connectivity index (χ4n) is 1.61. The van der Waals surface area contributed by atoms with Gasteiger partial charge in [-0.05, 0) is 28.6 Å². The van der Waals surface area contributed by atoms with Crippen molar-refractivity contribution in [2.45, 2.75) is 32.5 Å². The average Bonchev–Trinajstić information content (AvgIpc) is 2.13. The molecule has 7 heteroatoms. The quantitative estimate of drug-likeness (QED) is 0.795. The van der Waals surface area contributed by atoms with Crippen molar-refractivity contribution in [2.24, 2.45) is 0 Å². The first-order valence-corrected chi connectivity index (χ1v) is 5.27. The fraction of sp³-hybridized carbons (Fsp3) is 0.455. The van der Waals surface area contributed by atoms with E-state index in [1.807, 2.05) is 0 Å². The van der Waals surface area contributed by atoms with Crippen LogP contribution in [-0.2, 0) is 5.41 Å². The summed E-state index contributed by atoms with van der Waals surface area (Å²) in [5.74, 6) is -0.378. The van der Waals surface area contributed by atoms with Crippen LogP contribution >= 0.6 is 0 Å². The molecular formula is C11H14BF3O3. The molecule has 0 radical (unpaired) electrons. The van der Waals surface area contributed by atoms with Crippen molar-refractivity contribution in [3.8, 4) is 5.75 Å². The summed E-state index contributed by atoms with van der Waals surface area (Å²) in [7, 11) is -1.74. The number of rotatable bonds is 2. The van der Waals surface area contributed by atoms with Gasteiger partial charge in [-0.3, -0.25) is 0 Å². The van der Waals surface area contributed by atoms with E-state index in [4.69, 9.17) is 0 Å². The number of alkyl halides is 3. The van der Waals surface area contributed by atoms with Crippen LogP contribution in [0.3, 0.4) is 0 Å². The van der Waals surface area contributed by atoms with Gasteiger partial charge in [0.2, 0.25) is 0 Å². The molecule has 0 unspecified atom stereocenters. The van der Waals surface area contributed by atoms with Gasteiger partial charge in [-0.1, -0.05) is 26.8 Å². The molecule has 0 aliphatic carbocycles. The highest BCUT2D eigenvalue weighted by Gasteiger charge is 2.32. The fourth-order valence-corrected chi connectivity index (χ4v) is 1.61. The Bertz CT molecular complexity index is 425. The van der Waals surface area contributed by atoms with E-state index in [-0.39, 0.29) is 11.2 Å². The molecule has 0 saturated carbocycles. The molecule has 0 aromatic heterocycles. The molecule has 1 rings (SSSR count). The van der Waals surface area contributed by atoms with Gasteiger partial charge in [0, 0.05) is 0 Å². The molecule has 1 aromatic rings. The monoisotopic (exact) mass is 262 g/mol. The van der Waals surface area contributed by atoms with E-state index in [2.05, 4.69) is 4.74 Å². The minimum Gasteiger partial charge on any atom is -0.423 e. The first-order valence-electron chi connectivity index (χ1n) is 5.27. The molecule has 18 heavy (non-hydrogen) atoms. The van der Waals surface area contributed by atoms with Crippen molar-refractivity contribution in [1.29, 1.82) is 0 Å². The molecule has 0 atom stereocenters. The molecule has 0 heterocycles. The zero-order valence-corrected chi connectivity index (χ0v) is 10.2. The van der Waals surface area contributed by atoms with Crippen molar-refractivity contribution < 1.29 is 28.0 Å². The van der Waals surface area contributed by atoms with Crippen LogP contribution in [0.5, 0.6) is 5.75 Å². The minimum absolute atomic E-state index is 0.164. The molecule has 0 spiro atoms. The third-order valence-electron chi connectivity index (χ3n) is 2.34. The predicted molar refractivity (Wildman–Crippen MR) is 61.7 cm³/mol. The van der Waals surface area contributed by atoms with Gasteiger partial charge < -0.3 is 14.8 Å². The minimum atomic E-state index is -4.77. The van der Waals surface area contributed by atoms with Crippen molar-refractivity contribution in [2.75, 3.05) is 0 Å². The van der Waals surface area contributed by atoms with Crippen molar-refractivity contribution in [1.82, 2.24) is 0 Å². The zero-order valence-electron chi connectivity index (χ0n) is 10.2. The molecule has 100 valence electrons. The molecule has 0 amide bonds. The van der Waals surface area contributed by atoms with Crippen molar-refractivity contribution >= 4 is 12.6 Å². The second-order valence-electron chi connectivity index (χ2n) is 4.92. The number of hydrogen-bond acceptors (Lipinski definition) is 3. The number of halogens is 3. The molecule has 0 fully saturated rings. The zero-order chi connectivity index (χ0) is 14.1. The Morgan fingerprint density at radius 2 is 1.67 bits per heavy atom. The van der Waals surface area contributed by atoms with Gasteiger partial charge in [0.05, 0.1) is 0 Å². The van der Waals surface area contributed by atoms with Gasteiger partial charge >= 0.3 is 13.5 Å². The van der Waals surface area contributed by atoms with E-state index < -0.39 is 18.9 Å². The summed E-state index contributed by atoms with van der Waals surface area (Å²) < 4.78 is 40.1. The summed E-state index contributed by atoms with van der Waals surface area (Å²) in [5.41, 5.74) is 0.0144. The molecule has 2 N–H and O–H groups in total. The van der Waals surface area contributed by atoms with Crippen LogP contribution < -0.4 is 10.2 Å². The van der Waals surface area contributed by atoms with Crippen LogP contribution in [0.15, 0.2) is 18.2 Å². The molecule has 0 saturated heterocycles. The first kappa shape index (κ1) is 14.9. The highest BCUT2D eigenvalue weighted by atomic mass is 19.4.